The Morgan fingerprint density at radius 2 is 1.84 bits per heavy atom. The second-order valence-electron chi connectivity index (χ2n) is 4.71. The summed E-state index contributed by atoms with van der Waals surface area (Å²) in [6.07, 6.45) is 0.693. The van der Waals surface area contributed by atoms with Gasteiger partial charge in [-0.1, -0.05) is 11.6 Å². The molecule has 1 unspecified atom stereocenters. The van der Waals surface area contributed by atoms with Crippen molar-refractivity contribution >= 4 is 31.8 Å². The van der Waals surface area contributed by atoms with Crippen LogP contribution in [0.1, 0.15) is 18.9 Å². The van der Waals surface area contributed by atoms with Crippen molar-refractivity contribution in [2.45, 2.75) is 13.0 Å². The molecule has 0 saturated carbocycles. The van der Waals surface area contributed by atoms with Gasteiger partial charge in [-0.25, -0.2) is 4.39 Å². The fraction of sp³-hybridized carbons (Fsp3) is 0.364. The SMILES string of the molecule is CC(OS(C)(=O)=O)c1nnn(-c2cc(Cl)ccc2F)n1.CS(=O)(=O)O. The first kappa shape index (κ1) is 21.4. The van der Waals surface area contributed by atoms with Crippen LogP contribution in [-0.4, -0.2) is 54.1 Å². The highest BCUT2D eigenvalue weighted by atomic mass is 35.5. The maximum Gasteiger partial charge on any atom is 0.265 e. The molecular weight excluding hydrogens is 403 g/mol. The Balaban J connectivity index is 0.000000550. The Morgan fingerprint density at radius 3 is 2.36 bits per heavy atom. The van der Waals surface area contributed by atoms with Gasteiger partial charge in [0.2, 0.25) is 5.82 Å². The number of tetrazole rings is 1. The molecule has 14 heteroatoms. The third kappa shape index (κ3) is 8.31. The number of aromatic nitrogens is 4. The molecular formula is C11H14ClFN4O6S2. The smallest absolute Gasteiger partial charge is 0.265 e. The van der Waals surface area contributed by atoms with Gasteiger partial charge >= 0.3 is 0 Å². The molecule has 1 heterocycles. The molecule has 1 atom stereocenters. The Kier molecular flexibility index (Phi) is 6.96. The van der Waals surface area contributed by atoms with Crippen molar-refractivity contribution in [3.05, 3.63) is 34.9 Å². The van der Waals surface area contributed by atoms with Crippen LogP contribution in [0.5, 0.6) is 0 Å². The van der Waals surface area contributed by atoms with Gasteiger partial charge in [-0.15, -0.1) is 15.0 Å². The number of hydrogen-bond donors (Lipinski definition) is 1. The van der Waals surface area contributed by atoms with Crippen molar-refractivity contribution in [3.63, 3.8) is 0 Å². The van der Waals surface area contributed by atoms with Gasteiger partial charge in [0.1, 0.15) is 11.8 Å². The zero-order chi connectivity index (χ0) is 19.4. The topological polar surface area (TPSA) is 141 Å². The maximum atomic E-state index is 13.6. The molecule has 0 aliphatic rings. The van der Waals surface area contributed by atoms with Crippen molar-refractivity contribution in [1.82, 2.24) is 20.2 Å². The summed E-state index contributed by atoms with van der Waals surface area (Å²) in [5, 5.41) is 11.5. The lowest BCUT2D eigenvalue weighted by molar-refractivity contribution is 0.226. The molecule has 1 aromatic carbocycles. The monoisotopic (exact) mass is 416 g/mol. The van der Waals surface area contributed by atoms with Crippen LogP contribution in [0.4, 0.5) is 4.39 Å². The lowest BCUT2D eigenvalue weighted by Gasteiger charge is -2.05. The molecule has 2 rings (SSSR count). The van der Waals surface area contributed by atoms with Crippen LogP contribution in [0, 0.1) is 5.82 Å². The molecule has 0 aliphatic carbocycles. The van der Waals surface area contributed by atoms with Crippen LogP contribution >= 0.6 is 11.6 Å². The standard InChI is InChI=1S/C10H10ClFN4O3S.CH4O3S/c1-6(19-20(2,17)18)10-13-15-16(14-10)9-5-7(11)3-4-8(9)12;1-5(2,3)4/h3-6H,1-2H3;1H3,(H,2,3,4). The molecule has 1 aromatic heterocycles. The number of nitrogens with zero attached hydrogens (tertiary/aromatic N) is 4. The normalized spacial score (nSPS) is 13.0. The zero-order valence-corrected chi connectivity index (χ0v) is 15.5. The molecule has 10 nitrogen and oxygen atoms in total. The molecule has 0 fully saturated rings. The molecule has 0 aliphatic heterocycles. The van der Waals surface area contributed by atoms with E-state index in [4.69, 9.17) is 20.3 Å². The van der Waals surface area contributed by atoms with Crippen LogP contribution in [0.2, 0.25) is 5.02 Å². The Hall–Kier alpha value is -1.67. The zero-order valence-electron chi connectivity index (χ0n) is 13.2. The summed E-state index contributed by atoms with van der Waals surface area (Å²) in [6, 6.07) is 3.87. The Bertz CT molecular complexity index is 939. The summed E-state index contributed by atoms with van der Waals surface area (Å²) < 4.78 is 66.2. The molecule has 0 bridgehead atoms. The minimum atomic E-state index is -3.67. The van der Waals surface area contributed by atoms with Crippen LogP contribution in [-0.2, 0) is 24.4 Å². The van der Waals surface area contributed by atoms with Gasteiger partial charge < -0.3 is 0 Å². The molecule has 0 saturated heterocycles. The average Bonchev–Trinajstić information content (AvgIpc) is 2.87. The van der Waals surface area contributed by atoms with Crippen molar-refractivity contribution in [3.8, 4) is 5.69 Å². The number of hydrogen-bond acceptors (Lipinski definition) is 8. The van der Waals surface area contributed by atoms with E-state index in [0.717, 1.165) is 17.1 Å². The Morgan fingerprint density at radius 1 is 1.28 bits per heavy atom. The summed E-state index contributed by atoms with van der Waals surface area (Å²) >= 11 is 5.76. The van der Waals surface area contributed by atoms with Crippen LogP contribution in [0.25, 0.3) is 5.69 Å². The van der Waals surface area contributed by atoms with Gasteiger partial charge in [-0.05, 0) is 30.3 Å². The highest BCUT2D eigenvalue weighted by Gasteiger charge is 2.19. The minimum absolute atomic E-state index is 0.00260. The second kappa shape index (κ2) is 8.14. The first-order valence-electron chi connectivity index (χ1n) is 6.32. The van der Waals surface area contributed by atoms with Crippen molar-refractivity contribution in [2.24, 2.45) is 0 Å². The van der Waals surface area contributed by atoms with Gasteiger partial charge in [0.25, 0.3) is 20.2 Å². The molecule has 25 heavy (non-hydrogen) atoms. The average molecular weight is 417 g/mol. The largest absolute Gasteiger partial charge is 0.286 e. The van der Waals surface area contributed by atoms with Gasteiger partial charge in [0.05, 0.1) is 12.5 Å². The lowest BCUT2D eigenvalue weighted by Crippen LogP contribution is -2.09. The minimum Gasteiger partial charge on any atom is -0.286 e. The van der Waals surface area contributed by atoms with E-state index in [1.165, 1.54) is 19.1 Å². The highest BCUT2D eigenvalue weighted by Crippen LogP contribution is 2.19. The van der Waals surface area contributed by atoms with Gasteiger partial charge in [0, 0.05) is 5.02 Å². The fourth-order valence-corrected chi connectivity index (χ4v) is 2.21. The predicted octanol–water partition coefficient (Wildman–Crippen LogP) is 0.996. The quantitative estimate of drug-likeness (QED) is 0.570. The van der Waals surface area contributed by atoms with E-state index in [1.807, 2.05) is 0 Å². The van der Waals surface area contributed by atoms with E-state index < -0.39 is 32.2 Å². The number of rotatable bonds is 4. The molecule has 140 valence electrons. The predicted molar refractivity (Wildman–Crippen MR) is 85.9 cm³/mol. The lowest BCUT2D eigenvalue weighted by atomic mass is 10.3. The van der Waals surface area contributed by atoms with Crippen molar-refractivity contribution < 1.29 is 30.0 Å². The van der Waals surface area contributed by atoms with Gasteiger partial charge in [-0.3, -0.25) is 8.74 Å². The molecule has 0 radical (unpaired) electrons. The highest BCUT2D eigenvalue weighted by molar-refractivity contribution is 7.86. The summed E-state index contributed by atoms with van der Waals surface area (Å²) in [5.41, 5.74) is 0.00260. The van der Waals surface area contributed by atoms with Crippen LogP contribution in [0.3, 0.4) is 0 Å². The number of benzene rings is 1. The van der Waals surface area contributed by atoms with E-state index in [2.05, 4.69) is 15.4 Å². The summed E-state index contributed by atoms with van der Waals surface area (Å²) in [7, 11) is -7.32. The van der Waals surface area contributed by atoms with Gasteiger partial charge in [0.15, 0.2) is 5.82 Å². The molecule has 1 N–H and O–H groups in total. The third-order valence-electron chi connectivity index (χ3n) is 2.24. The van der Waals surface area contributed by atoms with Gasteiger partial charge in [-0.2, -0.15) is 16.8 Å². The summed E-state index contributed by atoms with van der Waals surface area (Å²) in [5.74, 6) is -0.579. The second-order valence-corrected chi connectivity index (χ2v) is 8.21. The fourth-order valence-electron chi connectivity index (χ4n) is 1.43. The first-order valence-corrected chi connectivity index (χ1v) is 10.4. The maximum absolute atomic E-state index is 13.6. The van der Waals surface area contributed by atoms with E-state index in [-0.39, 0.29) is 11.5 Å². The first-order chi connectivity index (χ1) is 11.3. The molecule has 0 spiro atoms. The third-order valence-corrected chi connectivity index (χ3v) is 3.11. The van der Waals surface area contributed by atoms with Crippen LogP contribution < -0.4 is 0 Å². The summed E-state index contributed by atoms with van der Waals surface area (Å²) in [6.45, 7) is 1.44. The molecule has 0 amide bonds. The van der Waals surface area contributed by atoms with E-state index in [1.54, 1.807) is 0 Å². The summed E-state index contributed by atoms with van der Waals surface area (Å²) in [4.78, 5) is 0.915. The van der Waals surface area contributed by atoms with Crippen LogP contribution in [0.15, 0.2) is 18.2 Å². The van der Waals surface area contributed by atoms with Crippen molar-refractivity contribution in [2.75, 3.05) is 12.5 Å². The van der Waals surface area contributed by atoms with E-state index in [9.17, 15) is 21.2 Å². The number of halogens is 2. The van der Waals surface area contributed by atoms with E-state index >= 15 is 0 Å². The Labute approximate surface area is 148 Å². The van der Waals surface area contributed by atoms with E-state index in [0.29, 0.717) is 11.3 Å². The molecule has 2 aromatic rings. The van der Waals surface area contributed by atoms with Crippen molar-refractivity contribution in [1.29, 1.82) is 0 Å².